The van der Waals surface area contributed by atoms with Gasteiger partial charge in [-0.1, -0.05) is 11.6 Å². The Morgan fingerprint density at radius 3 is 2.24 bits per heavy atom. The number of halogens is 3. The minimum Gasteiger partial charge on any atom is -0.365 e. The van der Waals surface area contributed by atoms with Crippen molar-refractivity contribution in [3.8, 4) is 11.3 Å². The molecule has 12 heteroatoms. The fraction of sp³-hybridized carbons (Fsp3) is 0.500. The lowest BCUT2D eigenvalue weighted by Gasteiger charge is -2.23. The predicted molar refractivity (Wildman–Crippen MR) is 163 cm³/mol. The number of benzene rings is 1. The molecule has 5 aliphatic rings. The van der Waals surface area contributed by atoms with Crippen molar-refractivity contribution in [2.75, 3.05) is 73.0 Å². The van der Waals surface area contributed by atoms with Crippen LogP contribution < -0.4 is 5.32 Å². The van der Waals surface area contributed by atoms with Gasteiger partial charge in [0.15, 0.2) is 0 Å². The smallest absolute Gasteiger partial charge is 0.227 e. The van der Waals surface area contributed by atoms with Gasteiger partial charge in [0.2, 0.25) is 11.6 Å². The molecule has 1 aliphatic carbocycles. The van der Waals surface area contributed by atoms with Gasteiger partial charge in [0.1, 0.15) is 23.0 Å². The Kier molecular flexibility index (Phi) is 9.27. The van der Waals surface area contributed by atoms with Gasteiger partial charge in [0, 0.05) is 76.1 Å². The summed E-state index contributed by atoms with van der Waals surface area (Å²) in [4.78, 5) is 37.5. The molecule has 1 N–H and O–H groups in total. The summed E-state index contributed by atoms with van der Waals surface area (Å²) < 4.78 is 15.7. The van der Waals surface area contributed by atoms with Crippen LogP contribution in [0.4, 0.5) is 4.39 Å². The molecule has 0 saturated carbocycles. The Morgan fingerprint density at radius 1 is 1.00 bits per heavy atom. The normalized spacial score (nSPS) is 19.9. The summed E-state index contributed by atoms with van der Waals surface area (Å²) in [5.74, 6) is 1.25. The Balaban J connectivity index is 0.000000172. The van der Waals surface area contributed by atoms with Crippen LogP contribution in [0.3, 0.4) is 0 Å². The van der Waals surface area contributed by atoms with E-state index in [2.05, 4.69) is 35.1 Å². The van der Waals surface area contributed by atoms with Crippen LogP contribution in [0.1, 0.15) is 24.6 Å². The number of hydrogen-bond donors (Lipinski definition) is 1. The van der Waals surface area contributed by atoms with Crippen molar-refractivity contribution < 1.29 is 14.0 Å². The van der Waals surface area contributed by atoms with Crippen LogP contribution in [0.2, 0.25) is 5.02 Å². The van der Waals surface area contributed by atoms with E-state index in [1.807, 2.05) is 14.7 Å². The zero-order valence-electron chi connectivity index (χ0n) is 24.1. The number of imidazole rings is 1. The molecule has 7 rings (SSSR count). The van der Waals surface area contributed by atoms with E-state index >= 15 is 0 Å². The van der Waals surface area contributed by atoms with Crippen molar-refractivity contribution in [3.05, 3.63) is 64.2 Å². The molecule has 226 valence electrons. The lowest BCUT2D eigenvalue weighted by molar-refractivity contribution is -0.117. The molecule has 42 heavy (non-hydrogen) atoms. The van der Waals surface area contributed by atoms with Gasteiger partial charge in [-0.15, -0.1) is 12.4 Å². The maximum Gasteiger partial charge on any atom is 0.227 e. The lowest BCUT2D eigenvalue weighted by atomic mass is 9.97. The Labute approximate surface area is 257 Å². The molecule has 2 aromatic rings. The van der Waals surface area contributed by atoms with Crippen LogP contribution >= 0.6 is 24.0 Å². The molecule has 0 atom stereocenters. The fourth-order valence-corrected chi connectivity index (χ4v) is 5.57. The molecular weight excluding hydrogens is 580 g/mol. The summed E-state index contributed by atoms with van der Waals surface area (Å²) in [6.07, 6.45) is 5.80. The van der Waals surface area contributed by atoms with Gasteiger partial charge in [0.05, 0.1) is 16.4 Å². The number of ketones is 2. The van der Waals surface area contributed by atoms with E-state index in [0.717, 1.165) is 95.4 Å². The van der Waals surface area contributed by atoms with Crippen molar-refractivity contribution in [1.29, 1.82) is 0 Å². The number of likely N-dealkylation sites (N-methyl/N-ethyl adjacent to an activating group) is 1. The van der Waals surface area contributed by atoms with Crippen LogP contribution in [-0.4, -0.2) is 114 Å². The number of piperidine rings is 1. The zero-order valence-corrected chi connectivity index (χ0v) is 25.7. The van der Waals surface area contributed by atoms with Gasteiger partial charge in [0.25, 0.3) is 0 Å². The van der Waals surface area contributed by atoms with Crippen LogP contribution in [-0.2, 0) is 16.1 Å². The number of carbonyl (C=O) groups excluding carboxylic acids is 2. The summed E-state index contributed by atoms with van der Waals surface area (Å²) in [5, 5.41) is 3.54. The highest BCUT2D eigenvalue weighted by Gasteiger charge is 2.43. The highest BCUT2D eigenvalue weighted by Crippen LogP contribution is 2.34. The SMILES string of the molecule is CN(C)CCn1cc(-c2ccc(F)c(Cl)c2)nc1C1CCNCC1.Cl.O=C1C=C(N2CC2)C(=O)C(N2CC2)=C1N1CC1. The summed E-state index contributed by atoms with van der Waals surface area (Å²) >= 11 is 5.94. The van der Waals surface area contributed by atoms with Crippen LogP contribution in [0.25, 0.3) is 11.3 Å². The highest BCUT2D eigenvalue weighted by molar-refractivity contribution is 6.31. The number of nitrogens with one attached hydrogen (secondary N) is 1. The van der Waals surface area contributed by atoms with Crippen LogP contribution in [0, 0.1) is 5.82 Å². The number of Topliss-reactive ketones (excluding diaryl/α,β-unsaturated/α-hetero) is 1. The second kappa shape index (κ2) is 12.8. The molecule has 4 aliphatic heterocycles. The second-order valence-corrected chi connectivity index (χ2v) is 11.9. The van der Waals surface area contributed by atoms with Gasteiger partial charge in [-0.2, -0.15) is 0 Å². The standard InChI is InChI=1S/C18H24ClFN4.C12H13N3O2.ClH/c1-23(2)9-10-24-12-17(14-3-4-16(20)15(19)11-14)22-18(24)13-5-7-21-8-6-13;16-9-7-8(13-1-2-13)12(17)11(15-5-6-15)10(9)14-3-4-14;/h3-4,11-13,21H,5-10H2,1-2H3;7H,1-6H2;1H. The molecule has 0 bridgehead atoms. The molecule has 0 amide bonds. The van der Waals surface area contributed by atoms with Crippen molar-refractivity contribution in [3.63, 3.8) is 0 Å². The first-order valence-corrected chi connectivity index (χ1v) is 14.9. The number of nitrogens with zero attached hydrogens (tertiary/aromatic N) is 6. The Hall–Kier alpha value is -2.92. The van der Waals surface area contributed by atoms with Crippen molar-refractivity contribution in [1.82, 2.24) is 34.5 Å². The van der Waals surface area contributed by atoms with Gasteiger partial charge >= 0.3 is 0 Å². The fourth-order valence-electron chi connectivity index (χ4n) is 5.39. The number of aromatic nitrogens is 2. The summed E-state index contributed by atoms with van der Waals surface area (Å²) in [5.41, 5.74) is 3.61. The molecule has 1 aromatic carbocycles. The van der Waals surface area contributed by atoms with Crippen LogP contribution in [0.15, 0.2) is 47.6 Å². The monoisotopic (exact) mass is 617 g/mol. The minimum absolute atomic E-state index is 0. The van der Waals surface area contributed by atoms with Gasteiger partial charge in [-0.05, 0) is 58.2 Å². The lowest BCUT2D eigenvalue weighted by Crippen LogP contribution is -2.29. The summed E-state index contributed by atoms with van der Waals surface area (Å²) in [6, 6.07) is 4.80. The topological polar surface area (TPSA) is 76.3 Å². The van der Waals surface area contributed by atoms with Crippen molar-refractivity contribution in [2.24, 2.45) is 0 Å². The molecule has 5 heterocycles. The zero-order chi connectivity index (χ0) is 28.7. The molecule has 4 fully saturated rings. The van der Waals surface area contributed by atoms with Crippen LogP contribution in [0.5, 0.6) is 0 Å². The number of rotatable bonds is 8. The molecule has 9 nitrogen and oxygen atoms in total. The van der Waals surface area contributed by atoms with Gasteiger partial charge in [-0.25, -0.2) is 9.37 Å². The molecule has 1 aromatic heterocycles. The van der Waals surface area contributed by atoms with Gasteiger partial charge in [-0.3, -0.25) is 9.59 Å². The summed E-state index contributed by atoms with van der Waals surface area (Å²) in [7, 11) is 4.14. The number of carbonyl (C=O) groups is 2. The van der Waals surface area contributed by atoms with E-state index in [9.17, 15) is 14.0 Å². The largest absolute Gasteiger partial charge is 0.365 e. The molecule has 0 unspecified atom stereocenters. The van der Waals surface area contributed by atoms with E-state index in [1.165, 1.54) is 12.1 Å². The molecular formula is C30H38Cl2FN7O2. The Morgan fingerprint density at radius 2 is 1.64 bits per heavy atom. The first-order chi connectivity index (χ1) is 19.8. The third-order valence-electron chi connectivity index (χ3n) is 8.00. The number of allylic oxidation sites excluding steroid dienone is 1. The van der Waals surface area contributed by atoms with E-state index in [1.54, 1.807) is 12.1 Å². The predicted octanol–water partition coefficient (Wildman–Crippen LogP) is 2.97. The quantitative estimate of drug-likeness (QED) is 0.358. The van der Waals surface area contributed by atoms with Crippen molar-refractivity contribution >= 4 is 35.6 Å². The highest BCUT2D eigenvalue weighted by atomic mass is 35.5. The third kappa shape index (κ3) is 6.83. The maximum absolute atomic E-state index is 13.4. The first kappa shape index (κ1) is 30.5. The van der Waals surface area contributed by atoms with E-state index in [0.29, 0.717) is 23.0 Å². The van der Waals surface area contributed by atoms with Gasteiger partial charge < -0.3 is 29.5 Å². The number of hydrogen-bond acceptors (Lipinski definition) is 8. The molecule has 0 spiro atoms. The molecule has 4 saturated heterocycles. The van der Waals surface area contributed by atoms with Crippen molar-refractivity contribution in [2.45, 2.75) is 25.3 Å². The first-order valence-electron chi connectivity index (χ1n) is 14.5. The Bertz CT molecular complexity index is 1400. The van der Waals surface area contributed by atoms with E-state index < -0.39 is 5.82 Å². The third-order valence-corrected chi connectivity index (χ3v) is 8.29. The average molecular weight is 619 g/mol. The minimum atomic E-state index is -0.397. The second-order valence-electron chi connectivity index (χ2n) is 11.5. The maximum atomic E-state index is 13.4. The average Bonchev–Trinajstić information content (AvgIpc) is 3.81. The van der Waals surface area contributed by atoms with E-state index in [-0.39, 0.29) is 29.0 Å². The molecule has 0 radical (unpaired) electrons. The summed E-state index contributed by atoms with van der Waals surface area (Å²) in [6.45, 7) is 9.32. The van der Waals surface area contributed by atoms with E-state index in [4.69, 9.17) is 16.6 Å².